The third-order valence-corrected chi connectivity index (χ3v) is 3.08. The molecule has 1 amide bonds. The summed E-state index contributed by atoms with van der Waals surface area (Å²) in [7, 11) is 0. The van der Waals surface area contributed by atoms with Crippen LogP contribution in [0.3, 0.4) is 0 Å². The molecule has 0 atom stereocenters. The van der Waals surface area contributed by atoms with Crippen molar-refractivity contribution in [3.05, 3.63) is 68.2 Å². The molecule has 0 aromatic heterocycles. The monoisotopic (exact) mass is 356 g/mol. The van der Waals surface area contributed by atoms with Gasteiger partial charge in [0.1, 0.15) is 11.6 Å². The number of hydrogen-bond donors (Lipinski definition) is 1. The fraction of sp³-hybridized carbons (Fsp3) is 0. The van der Waals surface area contributed by atoms with Gasteiger partial charge in [-0.1, -0.05) is 15.9 Å². The topological polar surface area (TPSA) is 72.2 Å². The van der Waals surface area contributed by atoms with Crippen LogP contribution in [0.2, 0.25) is 0 Å². The van der Waals surface area contributed by atoms with Crippen LogP contribution in [0.5, 0.6) is 0 Å². The van der Waals surface area contributed by atoms with Gasteiger partial charge in [0.15, 0.2) is 0 Å². The Morgan fingerprint density at radius 2 is 1.86 bits per heavy atom. The predicted octanol–water partition coefficient (Wildman–Crippen LogP) is 3.89. The van der Waals surface area contributed by atoms with E-state index in [9.17, 15) is 23.7 Å². The number of nitrogens with one attached hydrogen (secondary N) is 1. The lowest BCUT2D eigenvalue weighted by molar-refractivity contribution is -0.385. The summed E-state index contributed by atoms with van der Waals surface area (Å²) in [5.74, 6) is -2.65. The number of nitro groups is 1. The number of nitro benzene ring substituents is 1. The highest BCUT2D eigenvalue weighted by molar-refractivity contribution is 9.10. The zero-order valence-electron chi connectivity index (χ0n) is 10.3. The molecule has 0 spiro atoms. The van der Waals surface area contributed by atoms with E-state index >= 15 is 0 Å². The number of anilines is 1. The lowest BCUT2D eigenvalue weighted by Crippen LogP contribution is -2.14. The molecule has 0 bridgehead atoms. The van der Waals surface area contributed by atoms with Crippen LogP contribution in [0.15, 0.2) is 40.9 Å². The van der Waals surface area contributed by atoms with Gasteiger partial charge in [0.2, 0.25) is 0 Å². The number of benzene rings is 2. The molecule has 0 aliphatic rings. The van der Waals surface area contributed by atoms with E-state index in [2.05, 4.69) is 21.2 Å². The first-order chi connectivity index (χ1) is 9.88. The third-order valence-electron chi connectivity index (χ3n) is 2.59. The van der Waals surface area contributed by atoms with E-state index in [-0.39, 0.29) is 5.69 Å². The van der Waals surface area contributed by atoms with Crippen LogP contribution in [0, 0.1) is 21.7 Å². The zero-order chi connectivity index (χ0) is 15.6. The van der Waals surface area contributed by atoms with Crippen LogP contribution in [-0.4, -0.2) is 10.8 Å². The summed E-state index contributed by atoms with van der Waals surface area (Å²) in [6.07, 6.45) is 0. The second-order valence-electron chi connectivity index (χ2n) is 4.00. The van der Waals surface area contributed by atoms with Gasteiger partial charge in [-0.15, -0.1) is 0 Å². The second kappa shape index (κ2) is 5.96. The number of non-ortho nitro benzene ring substituents is 1. The minimum absolute atomic E-state index is 0.124. The van der Waals surface area contributed by atoms with Crippen molar-refractivity contribution in [2.45, 2.75) is 0 Å². The van der Waals surface area contributed by atoms with Crippen LogP contribution < -0.4 is 5.32 Å². The van der Waals surface area contributed by atoms with E-state index in [1.165, 1.54) is 12.1 Å². The molecule has 1 N–H and O–H groups in total. The van der Waals surface area contributed by atoms with Gasteiger partial charge in [-0.2, -0.15) is 0 Å². The maximum atomic E-state index is 13.7. The molecule has 0 unspecified atom stereocenters. The molecule has 5 nitrogen and oxygen atoms in total. The van der Waals surface area contributed by atoms with E-state index < -0.39 is 33.7 Å². The average molecular weight is 357 g/mol. The Kier molecular flexibility index (Phi) is 4.27. The summed E-state index contributed by atoms with van der Waals surface area (Å²) in [5.41, 5.74) is -1.01. The Hall–Kier alpha value is -2.35. The molecule has 108 valence electrons. The molecule has 21 heavy (non-hydrogen) atoms. The summed E-state index contributed by atoms with van der Waals surface area (Å²) < 4.78 is 27.7. The number of nitrogens with zero attached hydrogens (tertiary/aromatic N) is 1. The van der Waals surface area contributed by atoms with Crippen molar-refractivity contribution in [3.8, 4) is 0 Å². The molecule has 2 aromatic rings. The summed E-state index contributed by atoms with van der Waals surface area (Å²) in [4.78, 5) is 21.6. The van der Waals surface area contributed by atoms with E-state index in [0.29, 0.717) is 10.5 Å². The second-order valence-corrected chi connectivity index (χ2v) is 4.92. The van der Waals surface area contributed by atoms with Crippen LogP contribution >= 0.6 is 15.9 Å². The smallest absolute Gasteiger partial charge is 0.272 e. The van der Waals surface area contributed by atoms with Crippen LogP contribution in [0.4, 0.5) is 20.2 Å². The minimum Gasteiger partial charge on any atom is -0.319 e. The van der Waals surface area contributed by atoms with Crippen molar-refractivity contribution in [3.63, 3.8) is 0 Å². The molecule has 0 fully saturated rings. The van der Waals surface area contributed by atoms with Crippen molar-refractivity contribution in [1.82, 2.24) is 0 Å². The van der Waals surface area contributed by atoms with Crippen molar-refractivity contribution in [2.24, 2.45) is 0 Å². The highest BCUT2D eigenvalue weighted by Gasteiger charge is 2.17. The Morgan fingerprint density at radius 1 is 1.14 bits per heavy atom. The Labute approximate surface area is 125 Å². The first-order valence-electron chi connectivity index (χ1n) is 5.59. The van der Waals surface area contributed by atoms with Gasteiger partial charge in [-0.05, 0) is 24.3 Å². The molecular weight excluding hydrogens is 350 g/mol. The van der Waals surface area contributed by atoms with Gasteiger partial charge < -0.3 is 5.32 Å². The maximum Gasteiger partial charge on any atom is 0.272 e. The maximum absolute atomic E-state index is 13.7. The Bertz CT molecular complexity index is 737. The molecule has 2 rings (SSSR count). The molecule has 0 heterocycles. The van der Waals surface area contributed by atoms with Gasteiger partial charge in [-0.25, -0.2) is 8.78 Å². The van der Waals surface area contributed by atoms with Gasteiger partial charge in [0, 0.05) is 10.5 Å². The number of halogens is 3. The molecule has 2 aromatic carbocycles. The van der Waals surface area contributed by atoms with Crippen LogP contribution in [0.25, 0.3) is 0 Å². The van der Waals surface area contributed by atoms with Crippen LogP contribution in [0.1, 0.15) is 10.4 Å². The zero-order valence-corrected chi connectivity index (χ0v) is 11.9. The summed E-state index contributed by atoms with van der Waals surface area (Å²) in [5, 5.41) is 12.7. The van der Waals surface area contributed by atoms with Crippen molar-refractivity contribution >= 4 is 33.2 Å². The van der Waals surface area contributed by atoms with Gasteiger partial charge >= 0.3 is 0 Å². The standard InChI is InChI=1S/C13H7BrF2N2O3/c14-7-1-4-12(11(16)5-7)17-13(19)9-3-2-8(18(20)21)6-10(9)15/h1-6H,(H,17,19). The molecule has 0 saturated carbocycles. The molecule has 0 radical (unpaired) electrons. The van der Waals surface area contributed by atoms with E-state index in [0.717, 1.165) is 18.2 Å². The third kappa shape index (κ3) is 3.40. The first kappa shape index (κ1) is 15.0. The van der Waals surface area contributed by atoms with E-state index in [1.54, 1.807) is 0 Å². The van der Waals surface area contributed by atoms with E-state index in [1.807, 2.05) is 0 Å². The molecular formula is C13H7BrF2N2O3. The highest BCUT2D eigenvalue weighted by atomic mass is 79.9. The minimum atomic E-state index is -1.06. The number of rotatable bonds is 3. The van der Waals surface area contributed by atoms with Gasteiger partial charge in [-0.3, -0.25) is 14.9 Å². The van der Waals surface area contributed by atoms with Crippen molar-refractivity contribution < 1.29 is 18.5 Å². The summed E-state index contributed by atoms with van der Waals surface area (Å²) in [6.45, 7) is 0. The Morgan fingerprint density at radius 3 is 2.43 bits per heavy atom. The van der Waals surface area contributed by atoms with Crippen molar-refractivity contribution in [1.29, 1.82) is 0 Å². The normalized spacial score (nSPS) is 10.2. The number of hydrogen-bond acceptors (Lipinski definition) is 3. The fourth-order valence-corrected chi connectivity index (χ4v) is 1.92. The Balaban J connectivity index is 2.26. The first-order valence-corrected chi connectivity index (χ1v) is 6.38. The van der Waals surface area contributed by atoms with Crippen LogP contribution in [-0.2, 0) is 0 Å². The number of carbonyl (C=O) groups is 1. The van der Waals surface area contributed by atoms with E-state index in [4.69, 9.17) is 0 Å². The number of carbonyl (C=O) groups excluding carboxylic acids is 1. The summed E-state index contributed by atoms with van der Waals surface area (Å²) in [6, 6.07) is 6.55. The number of amides is 1. The average Bonchev–Trinajstić information content (AvgIpc) is 2.41. The quantitative estimate of drug-likeness (QED) is 0.669. The lowest BCUT2D eigenvalue weighted by Gasteiger charge is -2.07. The van der Waals surface area contributed by atoms with Crippen molar-refractivity contribution in [2.75, 3.05) is 5.32 Å². The van der Waals surface area contributed by atoms with Gasteiger partial charge in [0.25, 0.3) is 11.6 Å². The molecule has 0 aliphatic heterocycles. The molecule has 0 aliphatic carbocycles. The molecule has 8 heteroatoms. The predicted molar refractivity (Wildman–Crippen MR) is 75.1 cm³/mol. The fourth-order valence-electron chi connectivity index (χ4n) is 1.58. The SMILES string of the molecule is O=C(Nc1ccc(Br)cc1F)c1ccc([N+](=O)[O-])cc1F. The summed E-state index contributed by atoms with van der Waals surface area (Å²) >= 11 is 3.06. The highest BCUT2D eigenvalue weighted by Crippen LogP contribution is 2.21. The molecule has 0 saturated heterocycles. The van der Waals surface area contributed by atoms with Gasteiger partial charge in [0.05, 0.1) is 22.2 Å². The lowest BCUT2D eigenvalue weighted by atomic mass is 10.1. The largest absolute Gasteiger partial charge is 0.319 e.